The van der Waals surface area contributed by atoms with Gasteiger partial charge in [0, 0.05) is 18.0 Å². The quantitative estimate of drug-likeness (QED) is 0.707. The molecule has 2 N–H and O–H groups in total. The number of rotatable bonds is 3. The van der Waals surface area contributed by atoms with Crippen molar-refractivity contribution in [2.75, 3.05) is 12.4 Å². The Morgan fingerprint density at radius 3 is 2.68 bits per heavy atom. The van der Waals surface area contributed by atoms with Crippen LogP contribution in [0.1, 0.15) is 49.8 Å². The van der Waals surface area contributed by atoms with Crippen molar-refractivity contribution in [3.05, 3.63) is 61.8 Å². The molecule has 0 saturated heterocycles. The van der Waals surface area contributed by atoms with Crippen LogP contribution in [0.25, 0.3) is 11.0 Å². The van der Waals surface area contributed by atoms with E-state index >= 15 is 0 Å². The van der Waals surface area contributed by atoms with Crippen molar-refractivity contribution in [2.45, 2.75) is 32.6 Å². The van der Waals surface area contributed by atoms with Crippen LogP contribution in [0.3, 0.4) is 0 Å². The maximum absolute atomic E-state index is 12.8. The van der Waals surface area contributed by atoms with Crippen LogP contribution in [0.15, 0.2) is 33.5 Å². The maximum atomic E-state index is 12.8. The highest BCUT2D eigenvalue weighted by Gasteiger charge is 2.26. The number of amides is 2. The van der Waals surface area contributed by atoms with Crippen LogP contribution in [0.5, 0.6) is 0 Å². The number of fused-ring (bicyclic) bond motifs is 2. The SMILES string of the molecule is CNC(=O)c1c(NC(=O)c2cc(=O)c3ccc(C)cc3o2)sc2c1CCCC2. The van der Waals surface area contributed by atoms with Gasteiger partial charge in [0.1, 0.15) is 10.6 Å². The van der Waals surface area contributed by atoms with Crippen molar-refractivity contribution in [1.82, 2.24) is 5.32 Å². The van der Waals surface area contributed by atoms with E-state index in [4.69, 9.17) is 4.42 Å². The highest BCUT2D eigenvalue weighted by Crippen LogP contribution is 2.38. The molecule has 0 unspecified atom stereocenters. The fourth-order valence-corrected chi connectivity index (χ4v) is 4.84. The van der Waals surface area contributed by atoms with E-state index in [1.807, 2.05) is 13.0 Å². The molecule has 4 rings (SSSR count). The second kappa shape index (κ2) is 7.24. The van der Waals surface area contributed by atoms with Gasteiger partial charge in [-0.05, 0) is 55.9 Å². The molecule has 7 heteroatoms. The predicted octanol–water partition coefficient (Wildman–Crippen LogP) is 3.65. The lowest BCUT2D eigenvalue weighted by atomic mass is 9.95. The number of aryl methyl sites for hydroxylation is 2. The summed E-state index contributed by atoms with van der Waals surface area (Å²) in [6.45, 7) is 1.89. The standard InChI is InChI=1S/C21H20N2O4S/c1-11-7-8-12-14(24)10-16(27-15(12)9-11)19(25)23-21-18(20(26)22-2)13-5-3-4-6-17(13)28-21/h7-10H,3-6H2,1-2H3,(H,22,26)(H,23,25). The van der Waals surface area contributed by atoms with Gasteiger partial charge in [-0.3, -0.25) is 14.4 Å². The van der Waals surface area contributed by atoms with E-state index in [0.717, 1.165) is 41.7 Å². The van der Waals surface area contributed by atoms with Crippen LogP contribution in [-0.4, -0.2) is 18.9 Å². The number of hydrogen-bond acceptors (Lipinski definition) is 5. The van der Waals surface area contributed by atoms with E-state index in [2.05, 4.69) is 10.6 Å². The van der Waals surface area contributed by atoms with E-state index < -0.39 is 5.91 Å². The Kier molecular flexibility index (Phi) is 4.77. The van der Waals surface area contributed by atoms with Crippen molar-refractivity contribution in [3.63, 3.8) is 0 Å². The number of nitrogens with one attached hydrogen (secondary N) is 2. The van der Waals surface area contributed by atoms with Crippen LogP contribution < -0.4 is 16.1 Å². The molecule has 2 aromatic heterocycles. The summed E-state index contributed by atoms with van der Waals surface area (Å²) >= 11 is 1.43. The Morgan fingerprint density at radius 1 is 1.11 bits per heavy atom. The zero-order valence-electron chi connectivity index (χ0n) is 15.7. The van der Waals surface area contributed by atoms with Gasteiger partial charge in [-0.15, -0.1) is 11.3 Å². The fourth-order valence-electron chi connectivity index (χ4n) is 3.56. The largest absolute Gasteiger partial charge is 0.451 e. The minimum Gasteiger partial charge on any atom is -0.451 e. The van der Waals surface area contributed by atoms with E-state index in [1.54, 1.807) is 19.2 Å². The molecule has 1 aromatic carbocycles. The first-order valence-electron chi connectivity index (χ1n) is 9.20. The molecule has 0 saturated carbocycles. The Labute approximate surface area is 165 Å². The molecule has 0 bridgehead atoms. The molecular weight excluding hydrogens is 376 g/mol. The molecule has 0 atom stereocenters. The minimum atomic E-state index is -0.538. The monoisotopic (exact) mass is 396 g/mol. The molecule has 1 aliphatic rings. The van der Waals surface area contributed by atoms with Crippen LogP contribution in [0.2, 0.25) is 0 Å². The lowest BCUT2D eigenvalue weighted by Crippen LogP contribution is -2.22. The van der Waals surface area contributed by atoms with Crippen molar-refractivity contribution in [2.24, 2.45) is 0 Å². The van der Waals surface area contributed by atoms with Crippen LogP contribution >= 0.6 is 11.3 Å². The zero-order chi connectivity index (χ0) is 19.8. The van der Waals surface area contributed by atoms with E-state index in [-0.39, 0.29) is 17.1 Å². The third kappa shape index (κ3) is 3.22. The average molecular weight is 396 g/mol. The van der Waals surface area contributed by atoms with E-state index in [1.165, 1.54) is 17.4 Å². The summed E-state index contributed by atoms with van der Waals surface area (Å²) in [6.07, 6.45) is 3.84. The summed E-state index contributed by atoms with van der Waals surface area (Å²) in [5, 5.41) is 6.38. The first kappa shape index (κ1) is 18.4. The third-order valence-corrected chi connectivity index (χ3v) is 6.17. The summed E-state index contributed by atoms with van der Waals surface area (Å²) in [6, 6.07) is 6.44. The van der Waals surface area contributed by atoms with Gasteiger partial charge >= 0.3 is 0 Å². The summed E-state index contributed by atoms with van der Waals surface area (Å²) < 4.78 is 5.68. The summed E-state index contributed by atoms with van der Waals surface area (Å²) in [5.74, 6) is -0.827. The smallest absolute Gasteiger partial charge is 0.292 e. The molecule has 6 nitrogen and oxygen atoms in total. The lowest BCUT2D eigenvalue weighted by Gasteiger charge is -2.12. The fraction of sp³-hybridized carbons (Fsp3) is 0.286. The number of carbonyl (C=O) groups excluding carboxylic acids is 2. The first-order chi connectivity index (χ1) is 13.5. The molecule has 144 valence electrons. The number of benzene rings is 1. The average Bonchev–Trinajstić information content (AvgIpc) is 3.04. The molecule has 3 aromatic rings. The third-order valence-electron chi connectivity index (χ3n) is 4.96. The Morgan fingerprint density at radius 2 is 1.89 bits per heavy atom. The molecule has 28 heavy (non-hydrogen) atoms. The van der Waals surface area contributed by atoms with Gasteiger partial charge in [-0.25, -0.2) is 0 Å². The molecular formula is C21H20N2O4S. The Balaban J connectivity index is 1.73. The van der Waals surface area contributed by atoms with Crippen LogP contribution in [-0.2, 0) is 12.8 Å². The molecule has 0 spiro atoms. The molecule has 0 fully saturated rings. The van der Waals surface area contributed by atoms with E-state index in [9.17, 15) is 14.4 Å². The molecule has 1 aliphatic carbocycles. The zero-order valence-corrected chi connectivity index (χ0v) is 16.5. The maximum Gasteiger partial charge on any atom is 0.292 e. The molecule has 0 radical (unpaired) electrons. The van der Waals surface area contributed by atoms with Crippen molar-refractivity contribution >= 4 is 39.1 Å². The highest BCUT2D eigenvalue weighted by atomic mass is 32.1. The van der Waals surface area contributed by atoms with Gasteiger partial charge in [0.15, 0.2) is 11.2 Å². The Bertz CT molecular complexity index is 1160. The lowest BCUT2D eigenvalue weighted by molar-refractivity contribution is 0.0963. The summed E-state index contributed by atoms with van der Waals surface area (Å²) in [5.41, 5.74) is 2.56. The van der Waals surface area contributed by atoms with Gasteiger partial charge in [-0.1, -0.05) is 6.07 Å². The second-order valence-corrected chi connectivity index (χ2v) is 8.03. The molecule has 2 heterocycles. The van der Waals surface area contributed by atoms with Gasteiger partial charge in [0.25, 0.3) is 11.8 Å². The first-order valence-corrected chi connectivity index (χ1v) is 10.0. The Hall–Kier alpha value is -2.93. The van der Waals surface area contributed by atoms with Crippen LogP contribution in [0, 0.1) is 6.92 Å². The number of anilines is 1. The van der Waals surface area contributed by atoms with Crippen molar-refractivity contribution in [3.8, 4) is 0 Å². The number of hydrogen-bond donors (Lipinski definition) is 2. The normalized spacial score (nSPS) is 13.2. The van der Waals surface area contributed by atoms with Gasteiger partial charge in [-0.2, -0.15) is 0 Å². The van der Waals surface area contributed by atoms with Crippen molar-refractivity contribution < 1.29 is 14.0 Å². The minimum absolute atomic E-state index is 0.0719. The summed E-state index contributed by atoms with van der Waals surface area (Å²) in [4.78, 5) is 38.7. The number of thiophene rings is 1. The number of carbonyl (C=O) groups is 2. The predicted molar refractivity (Wildman–Crippen MR) is 110 cm³/mol. The van der Waals surface area contributed by atoms with E-state index in [0.29, 0.717) is 21.5 Å². The van der Waals surface area contributed by atoms with Gasteiger partial charge in [0.05, 0.1) is 10.9 Å². The second-order valence-electron chi connectivity index (χ2n) is 6.92. The molecule has 0 aliphatic heterocycles. The summed E-state index contributed by atoms with van der Waals surface area (Å²) in [7, 11) is 1.57. The highest BCUT2D eigenvalue weighted by molar-refractivity contribution is 7.17. The van der Waals surface area contributed by atoms with Gasteiger partial charge in [0.2, 0.25) is 0 Å². The van der Waals surface area contributed by atoms with Gasteiger partial charge < -0.3 is 15.1 Å². The molecule has 2 amide bonds. The topological polar surface area (TPSA) is 88.4 Å². The van der Waals surface area contributed by atoms with Crippen molar-refractivity contribution in [1.29, 1.82) is 0 Å². The van der Waals surface area contributed by atoms with Crippen LogP contribution in [0.4, 0.5) is 5.00 Å².